The third-order valence-electron chi connectivity index (χ3n) is 4.36. The minimum Gasteiger partial charge on any atom is -0.497 e. The standard InChI is InChI=1S/C22H19Cl2N3O4S/c1-31-17-12-10-16(11-13-17)27(32(29,30)18-6-3-2-4-7-18)15-22(28)26-25-14-19-20(23)8-5-9-21(19)24/h2-14H,15H2,1H3,(H,26,28)/b25-14-. The van der Waals surface area contributed by atoms with Crippen molar-refractivity contribution in [3.05, 3.63) is 88.4 Å². The number of amides is 1. The maximum absolute atomic E-state index is 13.2. The Kier molecular flexibility index (Phi) is 7.74. The van der Waals surface area contributed by atoms with Gasteiger partial charge >= 0.3 is 0 Å². The summed E-state index contributed by atoms with van der Waals surface area (Å²) in [6, 6.07) is 19.1. The first-order chi connectivity index (χ1) is 15.3. The van der Waals surface area contributed by atoms with Crippen molar-refractivity contribution in [2.24, 2.45) is 5.10 Å². The molecule has 1 amide bonds. The van der Waals surface area contributed by atoms with E-state index in [1.807, 2.05) is 0 Å². The number of ether oxygens (including phenoxy) is 1. The third kappa shape index (κ3) is 5.59. The monoisotopic (exact) mass is 491 g/mol. The number of anilines is 1. The number of carbonyl (C=O) groups is 1. The predicted molar refractivity (Wildman–Crippen MR) is 126 cm³/mol. The maximum Gasteiger partial charge on any atom is 0.264 e. The number of benzene rings is 3. The number of hydrogen-bond acceptors (Lipinski definition) is 5. The fraction of sp³-hybridized carbons (Fsp3) is 0.0909. The summed E-state index contributed by atoms with van der Waals surface area (Å²) < 4.78 is 32.6. The third-order valence-corrected chi connectivity index (χ3v) is 6.81. The number of halogens is 2. The Hall–Kier alpha value is -3.07. The molecule has 0 radical (unpaired) electrons. The Morgan fingerprint density at radius 2 is 1.62 bits per heavy atom. The summed E-state index contributed by atoms with van der Waals surface area (Å²) in [7, 11) is -2.52. The van der Waals surface area contributed by atoms with Crippen LogP contribution in [0.5, 0.6) is 5.75 Å². The van der Waals surface area contributed by atoms with E-state index < -0.39 is 22.5 Å². The van der Waals surface area contributed by atoms with Crippen molar-refractivity contribution < 1.29 is 17.9 Å². The molecule has 10 heteroatoms. The number of hydrazone groups is 1. The van der Waals surface area contributed by atoms with E-state index in [2.05, 4.69) is 10.5 Å². The summed E-state index contributed by atoms with van der Waals surface area (Å²) in [6.07, 6.45) is 1.30. The van der Waals surface area contributed by atoms with E-state index in [1.54, 1.807) is 60.7 Å². The molecule has 0 heterocycles. The van der Waals surface area contributed by atoms with E-state index in [0.29, 0.717) is 27.0 Å². The molecule has 3 aromatic rings. The van der Waals surface area contributed by atoms with Gasteiger partial charge in [-0.1, -0.05) is 47.5 Å². The Morgan fingerprint density at radius 3 is 2.22 bits per heavy atom. The first-order valence-corrected chi connectivity index (χ1v) is 11.5. The molecule has 0 aliphatic heterocycles. The van der Waals surface area contributed by atoms with Crippen LogP contribution in [0.1, 0.15) is 5.56 Å². The maximum atomic E-state index is 13.2. The molecule has 0 aromatic heterocycles. The number of carbonyl (C=O) groups excluding carboxylic acids is 1. The molecule has 0 saturated heterocycles. The second-order valence-electron chi connectivity index (χ2n) is 6.45. The average Bonchev–Trinajstić information content (AvgIpc) is 2.80. The highest BCUT2D eigenvalue weighted by atomic mass is 35.5. The summed E-state index contributed by atoms with van der Waals surface area (Å²) in [5, 5.41) is 4.58. The first kappa shape index (κ1) is 23.6. The second kappa shape index (κ2) is 10.5. The van der Waals surface area contributed by atoms with E-state index >= 15 is 0 Å². The van der Waals surface area contributed by atoms with Crippen LogP contribution in [-0.2, 0) is 14.8 Å². The summed E-state index contributed by atoms with van der Waals surface area (Å²) >= 11 is 12.2. The van der Waals surface area contributed by atoms with Crippen LogP contribution in [0, 0.1) is 0 Å². The van der Waals surface area contributed by atoms with Gasteiger partial charge in [-0.2, -0.15) is 5.10 Å². The van der Waals surface area contributed by atoms with Crippen molar-refractivity contribution >= 4 is 51.0 Å². The highest BCUT2D eigenvalue weighted by Gasteiger charge is 2.27. The second-order valence-corrected chi connectivity index (χ2v) is 9.13. The van der Waals surface area contributed by atoms with Crippen molar-refractivity contribution in [1.29, 1.82) is 0 Å². The topological polar surface area (TPSA) is 88.1 Å². The summed E-state index contributed by atoms with van der Waals surface area (Å²) in [6.45, 7) is -0.503. The smallest absolute Gasteiger partial charge is 0.264 e. The van der Waals surface area contributed by atoms with Crippen molar-refractivity contribution in [3.8, 4) is 5.75 Å². The largest absolute Gasteiger partial charge is 0.497 e. The van der Waals surface area contributed by atoms with Gasteiger partial charge in [0.15, 0.2) is 0 Å². The number of sulfonamides is 1. The molecule has 0 aliphatic rings. The summed E-state index contributed by atoms with van der Waals surface area (Å²) in [5.41, 5.74) is 3.04. The molecule has 7 nitrogen and oxygen atoms in total. The summed E-state index contributed by atoms with van der Waals surface area (Å²) in [4.78, 5) is 12.6. The van der Waals surface area contributed by atoms with Crippen LogP contribution in [0.3, 0.4) is 0 Å². The van der Waals surface area contributed by atoms with Crippen molar-refractivity contribution in [2.45, 2.75) is 4.90 Å². The lowest BCUT2D eigenvalue weighted by Crippen LogP contribution is -2.39. The van der Waals surface area contributed by atoms with Crippen LogP contribution in [0.4, 0.5) is 5.69 Å². The van der Waals surface area contributed by atoms with Crippen LogP contribution in [0.25, 0.3) is 0 Å². The Labute approximate surface area is 196 Å². The van der Waals surface area contributed by atoms with Gasteiger partial charge in [-0.25, -0.2) is 13.8 Å². The molecule has 0 spiro atoms. The average molecular weight is 492 g/mol. The SMILES string of the molecule is COc1ccc(N(CC(=O)N/N=C\c2c(Cl)cccc2Cl)S(=O)(=O)c2ccccc2)cc1. The van der Waals surface area contributed by atoms with E-state index in [-0.39, 0.29) is 4.90 Å². The molecule has 0 saturated carbocycles. The first-order valence-electron chi connectivity index (χ1n) is 9.30. The molecule has 0 aliphatic carbocycles. The van der Waals surface area contributed by atoms with Gasteiger partial charge in [-0.15, -0.1) is 0 Å². The number of nitrogens with one attached hydrogen (secondary N) is 1. The Balaban J connectivity index is 1.85. The van der Waals surface area contributed by atoms with Gasteiger partial charge in [0, 0.05) is 5.56 Å². The van der Waals surface area contributed by atoms with E-state index in [0.717, 1.165) is 4.31 Å². The van der Waals surface area contributed by atoms with Gasteiger partial charge in [0.1, 0.15) is 12.3 Å². The molecule has 3 aromatic carbocycles. The van der Waals surface area contributed by atoms with Gasteiger partial charge in [0.2, 0.25) is 0 Å². The molecule has 0 atom stereocenters. The van der Waals surface area contributed by atoms with Crippen LogP contribution in [0.15, 0.2) is 82.8 Å². The van der Waals surface area contributed by atoms with E-state index in [9.17, 15) is 13.2 Å². The van der Waals surface area contributed by atoms with Gasteiger partial charge in [-0.05, 0) is 48.5 Å². The Bertz CT molecular complexity index is 1200. The van der Waals surface area contributed by atoms with E-state index in [4.69, 9.17) is 27.9 Å². The van der Waals surface area contributed by atoms with Crippen LogP contribution >= 0.6 is 23.2 Å². The molecule has 166 valence electrons. The molecule has 0 bridgehead atoms. The normalized spacial score (nSPS) is 11.3. The molecular weight excluding hydrogens is 473 g/mol. The lowest BCUT2D eigenvalue weighted by molar-refractivity contribution is -0.119. The van der Waals surface area contributed by atoms with Crippen molar-refractivity contribution in [1.82, 2.24) is 5.43 Å². The van der Waals surface area contributed by atoms with Crippen molar-refractivity contribution in [3.63, 3.8) is 0 Å². The zero-order valence-electron chi connectivity index (χ0n) is 16.9. The van der Waals surface area contributed by atoms with Crippen LogP contribution in [-0.4, -0.2) is 34.2 Å². The minimum atomic E-state index is -4.02. The minimum absolute atomic E-state index is 0.0509. The number of methoxy groups -OCH3 is 1. The van der Waals surface area contributed by atoms with Gasteiger partial charge in [0.25, 0.3) is 15.9 Å². The summed E-state index contributed by atoms with van der Waals surface area (Å²) in [5.74, 6) is -0.101. The quantitative estimate of drug-likeness (QED) is 0.374. The predicted octanol–water partition coefficient (Wildman–Crippen LogP) is 4.35. The zero-order valence-corrected chi connectivity index (χ0v) is 19.2. The van der Waals surface area contributed by atoms with Gasteiger partial charge < -0.3 is 4.74 Å². The molecule has 0 fully saturated rings. The highest BCUT2D eigenvalue weighted by Crippen LogP contribution is 2.26. The van der Waals surface area contributed by atoms with Gasteiger partial charge in [0.05, 0.1) is 34.0 Å². The molecule has 32 heavy (non-hydrogen) atoms. The zero-order chi connectivity index (χ0) is 23.1. The van der Waals surface area contributed by atoms with E-state index in [1.165, 1.54) is 25.5 Å². The highest BCUT2D eigenvalue weighted by molar-refractivity contribution is 7.92. The van der Waals surface area contributed by atoms with Gasteiger partial charge in [-0.3, -0.25) is 9.10 Å². The molecule has 1 N–H and O–H groups in total. The van der Waals surface area contributed by atoms with Crippen molar-refractivity contribution in [2.75, 3.05) is 18.0 Å². The fourth-order valence-electron chi connectivity index (χ4n) is 2.75. The number of nitrogens with zero attached hydrogens (tertiary/aromatic N) is 2. The Morgan fingerprint density at radius 1 is 1.00 bits per heavy atom. The molecular formula is C22H19Cl2N3O4S. The molecule has 0 unspecified atom stereocenters. The number of hydrogen-bond donors (Lipinski definition) is 1. The number of rotatable bonds is 8. The van der Waals surface area contributed by atoms with Crippen LogP contribution in [0.2, 0.25) is 10.0 Å². The fourth-order valence-corrected chi connectivity index (χ4v) is 4.69. The molecule has 3 rings (SSSR count). The lowest BCUT2D eigenvalue weighted by Gasteiger charge is -2.23. The lowest BCUT2D eigenvalue weighted by atomic mass is 10.2. The van der Waals surface area contributed by atoms with Crippen LogP contribution < -0.4 is 14.5 Å².